The van der Waals surface area contributed by atoms with E-state index in [0.717, 1.165) is 10.0 Å². The molecular weight excluding hydrogens is 293 g/mol. The Kier molecular flexibility index (Phi) is 5.21. The van der Waals surface area contributed by atoms with Crippen LogP contribution in [0, 0.1) is 0 Å². The van der Waals surface area contributed by atoms with Crippen LogP contribution in [0.5, 0.6) is 0 Å². The SMILES string of the molecule is NC(CO)(CO)CCc1ccc(Br)cc1Cl. The van der Waals surface area contributed by atoms with E-state index in [4.69, 9.17) is 27.5 Å². The first kappa shape index (κ1) is 13.9. The Morgan fingerprint density at radius 2 is 1.94 bits per heavy atom. The number of aliphatic hydroxyl groups excluding tert-OH is 2. The van der Waals surface area contributed by atoms with E-state index < -0.39 is 5.54 Å². The Labute approximate surface area is 108 Å². The lowest BCUT2D eigenvalue weighted by atomic mass is 9.94. The van der Waals surface area contributed by atoms with Crippen molar-refractivity contribution in [3.63, 3.8) is 0 Å². The second kappa shape index (κ2) is 5.98. The molecule has 1 aromatic rings. The molecule has 0 aromatic heterocycles. The van der Waals surface area contributed by atoms with Gasteiger partial charge in [0, 0.05) is 9.50 Å². The maximum Gasteiger partial charge on any atom is 0.0633 e. The predicted octanol–water partition coefficient (Wildman–Crippen LogP) is 1.72. The molecule has 16 heavy (non-hydrogen) atoms. The van der Waals surface area contributed by atoms with Gasteiger partial charge in [-0.25, -0.2) is 0 Å². The number of hydrogen-bond donors (Lipinski definition) is 3. The average molecular weight is 309 g/mol. The van der Waals surface area contributed by atoms with Gasteiger partial charge in [-0.2, -0.15) is 0 Å². The molecule has 0 aliphatic heterocycles. The second-order valence-corrected chi connectivity index (χ2v) is 5.24. The van der Waals surface area contributed by atoms with Crippen LogP contribution < -0.4 is 5.73 Å². The smallest absolute Gasteiger partial charge is 0.0633 e. The Bertz CT molecular complexity index is 356. The largest absolute Gasteiger partial charge is 0.394 e. The van der Waals surface area contributed by atoms with E-state index in [1.54, 1.807) is 0 Å². The van der Waals surface area contributed by atoms with E-state index in [0.29, 0.717) is 17.9 Å². The minimum Gasteiger partial charge on any atom is -0.394 e. The maximum absolute atomic E-state index is 9.05. The first-order valence-corrected chi connectivity index (χ1v) is 6.12. The van der Waals surface area contributed by atoms with Gasteiger partial charge in [-0.3, -0.25) is 0 Å². The minimum atomic E-state index is -0.934. The summed E-state index contributed by atoms with van der Waals surface area (Å²) < 4.78 is 0.921. The number of halogens is 2. The second-order valence-electron chi connectivity index (χ2n) is 3.91. The first-order valence-electron chi connectivity index (χ1n) is 4.95. The molecule has 0 bridgehead atoms. The van der Waals surface area contributed by atoms with Gasteiger partial charge in [0.25, 0.3) is 0 Å². The lowest BCUT2D eigenvalue weighted by Gasteiger charge is -2.24. The van der Waals surface area contributed by atoms with E-state index in [2.05, 4.69) is 15.9 Å². The Balaban J connectivity index is 2.67. The number of rotatable bonds is 5. The maximum atomic E-state index is 9.05. The normalized spacial score (nSPS) is 11.8. The van der Waals surface area contributed by atoms with E-state index in [9.17, 15) is 0 Å². The van der Waals surface area contributed by atoms with Crippen molar-refractivity contribution in [1.29, 1.82) is 0 Å². The van der Waals surface area contributed by atoms with Crippen molar-refractivity contribution in [3.8, 4) is 0 Å². The summed E-state index contributed by atoms with van der Waals surface area (Å²) in [5.41, 5.74) is 5.80. The summed E-state index contributed by atoms with van der Waals surface area (Å²) in [6, 6.07) is 5.62. The molecule has 0 radical (unpaired) electrons. The summed E-state index contributed by atoms with van der Waals surface area (Å²) in [6.07, 6.45) is 1.12. The average Bonchev–Trinajstić information content (AvgIpc) is 2.27. The lowest BCUT2D eigenvalue weighted by Crippen LogP contribution is -2.47. The van der Waals surface area contributed by atoms with Gasteiger partial charge in [0.15, 0.2) is 0 Å². The summed E-state index contributed by atoms with van der Waals surface area (Å²) in [5, 5.41) is 18.8. The zero-order chi connectivity index (χ0) is 12.2. The van der Waals surface area contributed by atoms with E-state index >= 15 is 0 Å². The number of hydrogen-bond acceptors (Lipinski definition) is 3. The molecule has 0 saturated heterocycles. The van der Waals surface area contributed by atoms with Crippen molar-refractivity contribution in [2.24, 2.45) is 5.73 Å². The van der Waals surface area contributed by atoms with Crippen LogP contribution in [0.4, 0.5) is 0 Å². The molecule has 0 heterocycles. The summed E-state index contributed by atoms with van der Waals surface area (Å²) in [5.74, 6) is 0. The molecule has 1 aromatic carbocycles. The highest BCUT2D eigenvalue weighted by atomic mass is 79.9. The lowest BCUT2D eigenvalue weighted by molar-refractivity contribution is 0.115. The minimum absolute atomic E-state index is 0.238. The zero-order valence-electron chi connectivity index (χ0n) is 8.79. The quantitative estimate of drug-likeness (QED) is 0.776. The van der Waals surface area contributed by atoms with E-state index in [1.807, 2.05) is 18.2 Å². The van der Waals surface area contributed by atoms with Gasteiger partial charge < -0.3 is 15.9 Å². The van der Waals surface area contributed by atoms with Gasteiger partial charge >= 0.3 is 0 Å². The molecule has 0 atom stereocenters. The van der Waals surface area contributed by atoms with Crippen LogP contribution in [0.2, 0.25) is 5.02 Å². The fourth-order valence-corrected chi connectivity index (χ4v) is 2.08. The monoisotopic (exact) mass is 307 g/mol. The Morgan fingerprint density at radius 3 is 2.44 bits per heavy atom. The molecule has 0 fully saturated rings. The van der Waals surface area contributed by atoms with E-state index in [1.165, 1.54) is 0 Å². The zero-order valence-corrected chi connectivity index (χ0v) is 11.1. The molecule has 90 valence electrons. The molecule has 0 aliphatic rings. The van der Waals surface area contributed by atoms with Crippen molar-refractivity contribution >= 4 is 27.5 Å². The van der Waals surface area contributed by atoms with E-state index in [-0.39, 0.29) is 13.2 Å². The summed E-state index contributed by atoms with van der Waals surface area (Å²) in [6.45, 7) is -0.477. The van der Waals surface area contributed by atoms with Crippen LogP contribution in [0.3, 0.4) is 0 Å². The molecule has 0 aliphatic carbocycles. The van der Waals surface area contributed by atoms with Crippen molar-refractivity contribution < 1.29 is 10.2 Å². The standard InChI is InChI=1S/C11H15BrClNO2/c12-9-2-1-8(10(13)5-9)3-4-11(14,6-15)7-16/h1-2,5,15-16H,3-4,6-7,14H2. The Hall–Kier alpha value is -0.130. The molecule has 1 rings (SSSR count). The van der Waals surface area contributed by atoms with Gasteiger partial charge in [0.1, 0.15) is 0 Å². The van der Waals surface area contributed by atoms with Gasteiger partial charge in [0.2, 0.25) is 0 Å². The highest BCUT2D eigenvalue weighted by Gasteiger charge is 2.22. The predicted molar refractivity (Wildman–Crippen MR) is 68.6 cm³/mol. The third-order valence-corrected chi connectivity index (χ3v) is 3.38. The number of aliphatic hydroxyl groups is 2. The molecule has 5 heteroatoms. The molecule has 0 amide bonds. The summed E-state index contributed by atoms with van der Waals surface area (Å²) >= 11 is 9.37. The van der Waals surface area contributed by atoms with Crippen molar-refractivity contribution in [2.45, 2.75) is 18.4 Å². The van der Waals surface area contributed by atoms with Crippen molar-refractivity contribution in [1.82, 2.24) is 0 Å². The number of nitrogens with two attached hydrogens (primary N) is 1. The summed E-state index contributed by atoms with van der Waals surface area (Å²) in [4.78, 5) is 0. The molecule has 0 spiro atoms. The highest BCUT2D eigenvalue weighted by Crippen LogP contribution is 2.23. The molecule has 3 nitrogen and oxygen atoms in total. The topological polar surface area (TPSA) is 66.5 Å². The number of aryl methyl sites for hydroxylation is 1. The number of benzene rings is 1. The molecule has 0 saturated carbocycles. The molecular formula is C11H15BrClNO2. The van der Waals surface area contributed by atoms with Crippen LogP contribution in [-0.2, 0) is 6.42 Å². The Morgan fingerprint density at radius 1 is 1.31 bits per heavy atom. The van der Waals surface area contributed by atoms with Gasteiger partial charge in [-0.05, 0) is 30.5 Å². The summed E-state index contributed by atoms with van der Waals surface area (Å²) in [7, 11) is 0. The van der Waals surface area contributed by atoms with Crippen LogP contribution in [0.1, 0.15) is 12.0 Å². The van der Waals surface area contributed by atoms with Crippen LogP contribution in [0.15, 0.2) is 22.7 Å². The third-order valence-electron chi connectivity index (χ3n) is 2.54. The van der Waals surface area contributed by atoms with Crippen LogP contribution in [0.25, 0.3) is 0 Å². The molecule has 0 unspecified atom stereocenters. The van der Waals surface area contributed by atoms with Crippen LogP contribution in [-0.4, -0.2) is 29.0 Å². The van der Waals surface area contributed by atoms with Gasteiger partial charge in [-0.1, -0.05) is 33.6 Å². The highest BCUT2D eigenvalue weighted by molar-refractivity contribution is 9.10. The fourth-order valence-electron chi connectivity index (χ4n) is 1.32. The third kappa shape index (κ3) is 3.71. The molecule has 4 N–H and O–H groups in total. The fraction of sp³-hybridized carbons (Fsp3) is 0.455. The van der Waals surface area contributed by atoms with Crippen molar-refractivity contribution in [3.05, 3.63) is 33.3 Å². The van der Waals surface area contributed by atoms with Crippen LogP contribution >= 0.6 is 27.5 Å². The van der Waals surface area contributed by atoms with Gasteiger partial charge in [0.05, 0.1) is 18.8 Å². The van der Waals surface area contributed by atoms with Crippen molar-refractivity contribution in [2.75, 3.05) is 13.2 Å². The van der Waals surface area contributed by atoms with Gasteiger partial charge in [-0.15, -0.1) is 0 Å². The first-order chi connectivity index (χ1) is 7.50.